The Morgan fingerprint density at radius 1 is 0.971 bits per heavy atom. The van der Waals surface area contributed by atoms with Crippen LogP contribution in [0, 0.1) is 0 Å². The van der Waals surface area contributed by atoms with Crippen molar-refractivity contribution in [2.24, 2.45) is 0 Å². The number of anilines is 1. The molecular formula is C26H23N3O6. The number of aromatic nitrogens is 2. The summed E-state index contributed by atoms with van der Waals surface area (Å²) < 4.78 is 16.8. The molecule has 0 radical (unpaired) electrons. The van der Waals surface area contributed by atoms with Crippen LogP contribution in [0.5, 0.6) is 5.75 Å². The molecular weight excluding hydrogens is 450 g/mol. The second-order valence-corrected chi connectivity index (χ2v) is 7.62. The molecule has 0 saturated carbocycles. The van der Waals surface area contributed by atoms with Gasteiger partial charge in [0, 0.05) is 11.3 Å². The average Bonchev–Trinajstić information content (AvgIpc) is 3.24. The van der Waals surface area contributed by atoms with Gasteiger partial charge in [0.1, 0.15) is 18.9 Å². The largest absolute Gasteiger partial charge is 0.489 e. The Balaban J connectivity index is 1.27. The van der Waals surface area contributed by atoms with Crippen molar-refractivity contribution in [3.8, 4) is 17.2 Å². The minimum absolute atomic E-state index is 0.0883. The fraction of sp³-hybridized carbons (Fsp3) is 0.154. The molecule has 9 nitrogen and oxygen atoms in total. The number of nitrogens with one attached hydrogen (secondary N) is 1. The van der Waals surface area contributed by atoms with Crippen molar-refractivity contribution in [1.29, 1.82) is 0 Å². The van der Waals surface area contributed by atoms with E-state index in [1.54, 1.807) is 48.5 Å². The molecule has 0 bridgehead atoms. The van der Waals surface area contributed by atoms with Crippen LogP contribution in [0.3, 0.4) is 0 Å². The minimum atomic E-state index is -1.09. The topological polar surface area (TPSA) is 113 Å². The number of esters is 1. The Morgan fingerprint density at radius 2 is 1.63 bits per heavy atom. The number of carbonyl (C=O) groups excluding carboxylic acids is 2. The Hall–Kier alpha value is -4.66. The first kappa shape index (κ1) is 23.5. The van der Waals surface area contributed by atoms with Gasteiger partial charge in [0.2, 0.25) is 5.89 Å². The zero-order valence-corrected chi connectivity index (χ0v) is 18.9. The predicted molar refractivity (Wildman–Crippen MR) is 128 cm³/mol. The molecule has 1 atom stereocenters. The van der Waals surface area contributed by atoms with E-state index < -0.39 is 30.3 Å². The highest BCUT2D eigenvalue weighted by molar-refractivity contribution is 5.95. The number of benzene rings is 3. The molecule has 1 N–H and O–H groups in total. The first-order valence-electron chi connectivity index (χ1n) is 10.9. The van der Waals surface area contributed by atoms with Gasteiger partial charge in [0.15, 0.2) is 6.10 Å². The third-order valence-corrected chi connectivity index (χ3v) is 4.95. The predicted octanol–water partition coefficient (Wildman–Crippen LogP) is 3.65. The fourth-order valence-corrected chi connectivity index (χ4v) is 3.13. The molecule has 0 spiro atoms. The average molecular weight is 473 g/mol. The van der Waals surface area contributed by atoms with Crippen molar-refractivity contribution < 1.29 is 23.5 Å². The molecule has 1 aromatic heterocycles. The van der Waals surface area contributed by atoms with E-state index >= 15 is 0 Å². The standard InChI is InChI=1S/C26H23N3O6/c1-18(34-23(30)16-29-26(32)35-25(28-29)20-10-6-3-7-11-20)24(31)27-21-12-14-22(15-13-21)33-17-19-8-4-2-5-9-19/h2-15,18H,16-17H2,1H3,(H,27,31)/t18-/m0/s1. The number of rotatable bonds is 9. The summed E-state index contributed by atoms with van der Waals surface area (Å²) >= 11 is 0. The summed E-state index contributed by atoms with van der Waals surface area (Å²) in [6.45, 7) is 1.38. The lowest BCUT2D eigenvalue weighted by atomic mass is 10.2. The molecule has 0 unspecified atom stereocenters. The molecule has 1 heterocycles. The Labute approximate surface area is 200 Å². The van der Waals surface area contributed by atoms with Crippen LogP contribution in [0.1, 0.15) is 12.5 Å². The van der Waals surface area contributed by atoms with E-state index in [1.165, 1.54) is 6.92 Å². The van der Waals surface area contributed by atoms with Crippen molar-refractivity contribution in [2.45, 2.75) is 26.2 Å². The number of ether oxygens (including phenoxy) is 2. The van der Waals surface area contributed by atoms with Gasteiger partial charge in [0.05, 0.1) is 0 Å². The Kier molecular flexibility index (Phi) is 7.37. The van der Waals surface area contributed by atoms with Gasteiger partial charge in [-0.25, -0.2) is 4.79 Å². The molecule has 4 aromatic rings. The van der Waals surface area contributed by atoms with Crippen LogP contribution in [0.4, 0.5) is 5.69 Å². The number of carbonyl (C=O) groups is 2. The van der Waals surface area contributed by atoms with E-state index in [0.29, 0.717) is 23.6 Å². The zero-order chi connectivity index (χ0) is 24.6. The van der Waals surface area contributed by atoms with Gasteiger partial charge in [-0.3, -0.25) is 9.59 Å². The van der Waals surface area contributed by atoms with E-state index in [9.17, 15) is 14.4 Å². The maximum atomic E-state index is 12.4. The van der Waals surface area contributed by atoms with Gasteiger partial charge in [-0.05, 0) is 48.9 Å². The van der Waals surface area contributed by atoms with Crippen LogP contribution in [0.15, 0.2) is 94.1 Å². The lowest BCUT2D eigenvalue weighted by Crippen LogP contribution is -2.32. The molecule has 9 heteroatoms. The summed E-state index contributed by atoms with van der Waals surface area (Å²) in [6.07, 6.45) is -1.09. The Bertz CT molecular complexity index is 1330. The molecule has 1 amide bonds. The smallest absolute Gasteiger partial charge is 0.437 e. The van der Waals surface area contributed by atoms with Crippen molar-refractivity contribution in [2.75, 3.05) is 5.32 Å². The van der Waals surface area contributed by atoms with Crippen LogP contribution in [-0.4, -0.2) is 27.8 Å². The van der Waals surface area contributed by atoms with E-state index in [1.807, 2.05) is 36.4 Å². The summed E-state index contributed by atoms with van der Waals surface area (Å²) in [7, 11) is 0. The number of amides is 1. The second kappa shape index (κ2) is 11.0. The summed E-state index contributed by atoms with van der Waals surface area (Å²) in [6, 6.07) is 25.4. The van der Waals surface area contributed by atoms with E-state index in [4.69, 9.17) is 13.9 Å². The van der Waals surface area contributed by atoms with Gasteiger partial charge in [-0.1, -0.05) is 48.5 Å². The quantitative estimate of drug-likeness (QED) is 0.369. The Morgan fingerprint density at radius 3 is 2.31 bits per heavy atom. The highest BCUT2D eigenvalue weighted by Crippen LogP contribution is 2.18. The summed E-state index contributed by atoms with van der Waals surface area (Å²) in [5.74, 6) is -1.38. The molecule has 0 aliphatic rings. The van der Waals surface area contributed by atoms with E-state index in [0.717, 1.165) is 10.2 Å². The highest BCUT2D eigenvalue weighted by atomic mass is 16.5. The minimum Gasteiger partial charge on any atom is -0.489 e. The number of nitrogens with zero attached hydrogens (tertiary/aromatic N) is 2. The van der Waals surface area contributed by atoms with Crippen LogP contribution in [0.25, 0.3) is 11.5 Å². The van der Waals surface area contributed by atoms with Gasteiger partial charge >= 0.3 is 11.7 Å². The van der Waals surface area contributed by atoms with Crippen molar-refractivity contribution in [3.05, 3.63) is 101 Å². The van der Waals surface area contributed by atoms with Crippen molar-refractivity contribution in [1.82, 2.24) is 9.78 Å². The number of hydrogen-bond donors (Lipinski definition) is 1. The van der Waals surface area contributed by atoms with Gasteiger partial charge in [-0.2, -0.15) is 4.68 Å². The van der Waals surface area contributed by atoms with Crippen LogP contribution in [-0.2, 0) is 27.5 Å². The van der Waals surface area contributed by atoms with Crippen molar-refractivity contribution in [3.63, 3.8) is 0 Å². The van der Waals surface area contributed by atoms with Crippen LogP contribution < -0.4 is 15.8 Å². The van der Waals surface area contributed by atoms with Crippen LogP contribution >= 0.6 is 0 Å². The molecule has 0 fully saturated rings. The first-order chi connectivity index (χ1) is 17.0. The maximum absolute atomic E-state index is 12.4. The summed E-state index contributed by atoms with van der Waals surface area (Å²) in [5.41, 5.74) is 2.16. The molecule has 178 valence electrons. The third kappa shape index (κ3) is 6.44. The SMILES string of the molecule is C[C@H](OC(=O)Cn1nc(-c2ccccc2)oc1=O)C(=O)Nc1ccc(OCc2ccccc2)cc1. The molecule has 0 saturated heterocycles. The lowest BCUT2D eigenvalue weighted by Gasteiger charge is -2.13. The van der Waals surface area contributed by atoms with Crippen LogP contribution in [0.2, 0.25) is 0 Å². The van der Waals surface area contributed by atoms with Crippen molar-refractivity contribution >= 4 is 17.6 Å². The van der Waals surface area contributed by atoms with E-state index in [2.05, 4.69) is 10.4 Å². The first-order valence-corrected chi connectivity index (χ1v) is 10.9. The number of hydrogen-bond acceptors (Lipinski definition) is 7. The molecule has 4 rings (SSSR count). The normalized spacial score (nSPS) is 11.5. The lowest BCUT2D eigenvalue weighted by molar-refractivity contribution is -0.154. The fourth-order valence-electron chi connectivity index (χ4n) is 3.13. The maximum Gasteiger partial charge on any atom is 0.437 e. The highest BCUT2D eigenvalue weighted by Gasteiger charge is 2.20. The monoisotopic (exact) mass is 473 g/mol. The molecule has 0 aliphatic heterocycles. The van der Waals surface area contributed by atoms with Gasteiger partial charge in [0.25, 0.3) is 5.91 Å². The molecule has 3 aromatic carbocycles. The molecule has 35 heavy (non-hydrogen) atoms. The zero-order valence-electron chi connectivity index (χ0n) is 18.9. The van der Waals surface area contributed by atoms with E-state index in [-0.39, 0.29) is 5.89 Å². The van der Waals surface area contributed by atoms with Gasteiger partial charge in [-0.15, -0.1) is 5.10 Å². The third-order valence-electron chi connectivity index (χ3n) is 4.95. The van der Waals surface area contributed by atoms with Gasteiger partial charge < -0.3 is 19.2 Å². The second-order valence-electron chi connectivity index (χ2n) is 7.62. The summed E-state index contributed by atoms with van der Waals surface area (Å²) in [5, 5.41) is 6.68. The molecule has 0 aliphatic carbocycles. The summed E-state index contributed by atoms with van der Waals surface area (Å²) in [4.78, 5) is 36.7.